The van der Waals surface area contributed by atoms with Crippen LogP contribution in [0.15, 0.2) is 54.6 Å². The van der Waals surface area contributed by atoms with Crippen LogP contribution in [0.3, 0.4) is 0 Å². The van der Waals surface area contributed by atoms with Crippen LogP contribution in [0, 0.1) is 6.92 Å². The van der Waals surface area contributed by atoms with Gasteiger partial charge in [0.25, 0.3) is 0 Å². The number of hydrogen-bond donors (Lipinski definition) is 1. The fourth-order valence-electron chi connectivity index (χ4n) is 2.74. The minimum Gasteiger partial charge on any atom is -0.491 e. The molecule has 0 spiro atoms. The summed E-state index contributed by atoms with van der Waals surface area (Å²) in [5.74, 6) is 0.797. The van der Waals surface area contributed by atoms with Crippen molar-refractivity contribution in [1.82, 2.24) is 4.90 Å². The van der Waals surface area contributed by atoms with Gasteiger partial charge in [0.05, 0.1) is 0 Å². The van der Waals surface area contributed by atoms with Crippen LogP contribution in [-0.2, 0) is 6.54 Å². The summed E-state index contributed by atoms with van der Waals surface area (Å²) in [6, 6.07) is 18.6. The van der Waals surface area contributed by atoms with Gasteiger partial charge in [-0.05, 0) is 38.0 Å². The van der Waals surface area contributed by atoms with Crippen LogP contribution in [0.1, 0.15) is 31.4 Å². The molecule has 0 bridgehead atoms. The number of aryl methyl sites for hydroxylation is 1. The molecule has 2 rings (SSSR count). The average Bonchev–Trinajstić information content (AvgIpc) is 2.59. The number of aliphatic hydroxyl groups is 1. The van der Waals surface area contributed by atoms with Crippen molar-refractivity contribution in [2.24, 2.45) is 0 Å². The molecule has 130 valence electrons. The molecule has 3 heteroatoms. The third kappa shape index (κ3) is 5.99. The lowest BCUT2D eigenvalue weighted by Crippen LogP contribution is -2.40. The Labute approximate surface area is 145 Å². The summed E-state index contributed by atoms with van der Waals surface area (Å²) >= 11 is 0. The van der Waals surface area contributed by atoms with Gasteiger partial charge in [-0.2, -0.15) is 0 Å². The Kier molecular flexibility index (Phi) is 7.29. The van der Waals surface area contributed by atoms with E-state index in [1.54, 1.807) is 0 Å². The van der Waals surface area contributed by atoms with Crippen LogP contribution in [0.4, 0.5) is 0 Å². The fraction of sp³-hybridized carbons (Fsp3) is 0.429. The number of nitrogens with zero attached hydrogens (tertiary/aromatic N) is 1. The van der Waals surface area contributed by atoms with Gasteiger partial charge in [-0.3, -0.25) is 4.90 Å². The van der Waals surface area contributed by atoms with Crippen LogP contribution in [0.2, 0.25) is 0 Å². The summed E-state index contributed by atoms with van der Waals surface area (Å²) in [6.07, 6.45) is 0.543. The van der Waals surface area contributed by atoms with Gasteiger partial charge >= 0.3 is 0 Å². The molecular weight excluding hydrogens is 298 g/mol. The van der Waals surface area contributed by atoms with Gasteiger partial charge < -0.3 is 9.84 Å². The van der Waals surface area contributed by atoms with Crippen molar-refractivity contribution in [2.75, 3.05) is 13.2 Å². The van der Waals surface area contributed by atoms with Gasteiger partial charge in [0.1, 0.15) is 18.5 Å². The van der Waals surface area contributed by atoms with Gasteiger partial charge in [-0.1, -0.05) is 55.0 Å². The first kappa shape index (κ1) is 18.5. The maximum Gasteiger partial charge on any atom is 0.119 e. The molecule has 0 heterocycles. The number of ether oxygens (including phenoxy) is 1. The molecule has 0 aliphatic heterocycles. The first-order chi connectivity index (χ1) is 11.6. The molecule has 2 atom stereocenters. The van der Waals surface area contributed by atoms with Crippen molar-refractivity contribution in [3.05, 3.63) is 65.7 Å². The summed E-state index contributed by atoms with van der Waals surface area (Å²) in [6.45, 7) is 8.26. The number of aliphatic hydroxyl groups excluding tert-OH is 1. The normalized spacial score (nSPS) is 13.7. The molecule has 2 aromatic carbocycles. The zero-order valence-corrected chi connectivity index (χ0v) is 15.0. The molecule has 0 saturated carbocycles. The van der Waals surface area contributed by atoms with E-state index in [1.165, 1.54) is 11.1 Å². The number of rotatable bonds is 9. The minimum absolute atomic E-state index is 0.310. The van der Waals surface area contributed by atoms with Crippen molar-refractivity contribution < 1.29 is 9.84 Å². The predicted molar refractivity (Wildman–Crippen MR) is 99.3 cm³/mol. The molecule has 1 N–H and O–H groups in total. The van der Waals surface area contributed by atoms with E-state index in [9.17, 15) is 5.11 Å². The molecule has 0 aliphatic rings. The highest BCUT2D eigenvalue weighted by Crippen LogP contribution is 2.14. The highest BCUT2D eigenvalue weighted by molar-refractivity contribution is 5.22. The van der Waals surface area contributed by atoms with Crippen molar-refractivity contribution in [3.8, 4) is 5.75 Å². The summed E-state index contributed by atoms with van der Waals surface area (Å²) in [5.41, 5.74) is 2.55. The molecular formula is C21H29NO2. The second-order valence-corrected chi connectivity index (χ2v) is 6.45. The van der Waals surface area contributed by atoms with Crippen molar-refractivity contribution in [1.29, 1.82) is 0 Å². The number of benzene rings is 2. The van der Waals surface area contributed by atoms with E-state index in [0.717, 1.165) is 18.7 Å². The van der Waals surface area contributed by atoms with E-state index in [0.29, 0.717) is 19.2 Å². The van der Waals surface area contributed by atoms with Crippen LogP contribution < -0.4 is 4.74 Å². The molecule has 0 aliphatic carbocycles. The van der Waals surface area contributed by atoms with Crippen LogP contribution >= 0.6 is 0 Å². The Bertz CT molecular complexity index is 600. The lowest BCUT2D eigenvalue weighted by atomic mass is 10.1. The maximum atomic E-state index is 10.4. The molecule has 0 saturated heterocycles. The molecule has 24 heavy (non-hydrogen) atoms. The van der Waals surface area contributed by atoms with Crippen LogP contribution in [0.5, 0.6) is 5.75 Å². The molecule has 0 unspecified atom stereocenters. The van der Waals surface area contributed by atoms with Crippen molar-refractivity contribution >= 4 is 0 Å². The highest BCUT2D eigenvalue weighted by Gasteiger charge is 2.17. The quantitative estimate of drug-likeness (QED) is 0.754. The lowest BCUT2D eigenvalue weighted by molar-refractivity contribution is 0.0506. The van der Waals surface area contributed by atoms with Crippen LogP contribution in [0.25, 0.3) is 0 Å². The van der Waals surface area contributed by atoms with Gasteiger partial charge in [-0.25, -0.2) is 0 Å². The van der Waals surface area contributed by atoms with E-state index < -0.39 is 6.10 Å². The standard InChI is InChI=1S/C21H29NO2/c1-4-18(3)22(14-19-10-8-9-17(2)13-19)15-20(23)16-24-21-11-6-5-7-12-21/h5-13,18,20,23H,4,14-16H2,1-3H3/t18-,20-/m0/s1. The SMILES string of the molecule is CC[C@H](C)N(Cc1cccc(C)c1)C[C@H](O)COc1ccccc1. The Morgan fingerprint density at radius 3 is 2.50 bits per heavy atom. The minimum atomic E-state index is -0.510. The number of para-hydroxylation sites is 1. The van der Waals surface area contributed by atoms with Crippen molar-refractivity contribution in [3.63, 3.8) is 0 Å². The largest absolute Gasteiger partial charge is 0.491 e. The third-order valence-electron chi connectivity index (χ3n) is 4.31. The Balaban J connectivity index is 1.92. The Morgan fingerprint density at radius 1 is 1.08 bits per heavy atom. The molecule has 2 aromatic rings. The van der Waals surface area contributed by atoms with Gasteiger partial charge in [0.15, 0.2) is 0 Å². The van der Waals surface area contributed by atoms with E-state index >= 15 is 0 Å². The second kappa shape index (κ2) is 9.45. The molecule has 0 radical (unpaired) electrons. The maximum absolute atomic E-state index is 10.4. The van der Waals surface area contributed by atoms with Crippen LogP contribution in [-0.4, -0.2) is 35.3 Å². The van der Waals surface area contributed by atoms with Crippen molar-refractivity contribution in [2.45, 2.75) is 45.9 Å². The molecule has 0 fully saturated rings. The highest BCUT2D eigenvalue weighted by atomic mass is 16.5. The zero-order chi connectivity index (χ0) is 17.4. The monoisotopic (exact) mass is 327 g/mol. The fourth-order valence-corrected chi connectivity index (χ4v) is 2.74. The molecule has 0 aromatic heterocycles. The summed E-state index contributed by atoms with van der Waals surface area (Å²) < 4.78 is 5.67. The molecule has 0 amide bonds. The first-order valence-electron chi connectivity index (χ1n) is 8.74. The lowest BCUT2D eigenvalue weighted by Gasteiger charge is -2.30. The summed E-state index contributed by atoms with van der Waals surface area (Å²) in [5, 5.41) is 10.4. The average molecular weight is 327 g/mol. The van der Waals surface area contributed by atoms with Gasteiger partial charge in [0.2, 0.25) is 0 Å². The van der Waals surface area contributed by atoms with Gasteiger partial charge in [0, 0.05) is 19.1 Å². The predicted octanol–water partition coefficient (Wildman–Crippen LogP) is 4.04. The second-order valence-electron chi connectivity index (χ2n) is 6.45. The third-order valence-corrected chi connectivity index (χ3v) is 4.31. The smallest absolute Gasteiger partial charge is 0.119 e. The summed E-state index contributed by atoms with van der Waals surface area (Å²) in [7, 11) is 0. The number of hydrogen-bond acceptors (Lipinski definition) is 3. The Morgan fingerprint density at radius 2 is 1.83 bits per heavy atom. The topological polar surface area (TPSA) is 32.7 Å². The van der Waals surface area contributed by atoms with E-state index in [2.05, 4.69) is 49.9 Å². The first-order valence-corrected chi connectivity index (χ1v) is 8.74. The Hall–Kier alpha value is -1.84. The molecule has 3 nitrogen and oxygen atoms in total. The zero-order valence-electron chi connectivity index (χ0n) is 15.0. The van der Waals surface area contributed by atoms with Gasteiger partial charge in [-0.15, -0.1) is 0 Å². The van der Waals surface area contributed by atoms with E-state index in [4.69, 9.17) is 4.74 Å². The summed E-state index contributed by atoms with van der Waals surface area (Å²) in [4.78, 5) is 2.33. The van der Waals surface area contributed by atoms with E-state index in [-0.39, 0.29) is 0 Å². The van der Waals surface area contributed by atoms with E-state index in [1.807, 2.05) is 30.3 Å².